The van der Waals surface area contributed by atoms with Crippen molar-refractivity contribution in [2.24, 2.45) is 0 Å². The summed E-state index contributed by atoms with van der Waals surface area (Å²) >= 11 is 0. The van der Waals surface area contributed by atoms with Crippen molar-refractivity contribution >= 4 is 23.0 Å². The van der Waals surface area contributed by atoms with E-state index in [-0.39, 0.29) is 5.91 Å². The summed E-state index contributed by atoms with van der Waals surface area (Å²) < 4.78 is 0. The Kier molecular flexibility index (Phi) is 5.82. The highest BCUT2D eigenvalue weighted by atomic mass is 16.1. The maximum absolute atomic E-state index is 12.3. The highest BCUT2D eigenvalue weighted by Crippen LogP contribution is 2.23. The summed E-state index contributed by atoms with van der Waals surface area (Å²) in [6.07, 6.45) is 3.02. The lowest BCUT2D eigenvalue weighted by Crippen LogP contribution is -2.18. The lowest BCUT2D eigenvalue weighted by molar-refractivity contribution is -0.115. The van der Waals surface area contributed by atoms with E-state index in [0.717, 1.165) is 35.6 Å². The van der Waals surface area contributed by atoms with Crippen molar-refractivity contribution in [1.82, 2.24) is 0 Å². The molecule has 2 N–H and O–H groups in total. The van der Waals surface area contributed by atoms with Crippen LogP contribution < -0.4 is 15.5 Å². The van der Waals surface area contributed by atoms with Gasteiger partial charge in [-0.3, -0.25) is 4.79 Å². The van der Waals surface area contributed by atoms with Gasteiger partial charge in [-0.1, -0.05) is 17.7 Å². The van der Waals surface area contributed by atoms with Gasteiger partial charge in [0.25, 0.3) is 0 Å². The van der Waals surface area contributed by atoms with Gasteiger partial charge in [-0.25, -0.2) is 0 Å². The zero-order chi connectivity index (χ0) is 18.5. The van der Waals surface area contributed by atoms with Gasteiger partial charge in [-0.15, -0.1) is 0 Å². The molecule has 1 aliphatic heterocycles. The van der Waals surface area contributed by atoms with Gasteiger partial charge < -0.3 is 15.5 Å². The summed E-state index contributed by atoms with van der Waals surface area (Å²) in [4.78, 5) is 14.7. The molecular formula is C22H29N3O. The first kappa shape index (κ1) is 18.3. The van der Waals surface area contributed by atoms with Gasteiger partial charge in [0.1, 0.15) is 0 Å². The first-order valence-electron chi connectivity index (χ1n) is 9.49. The van der Waals surface area contributed by atoms with Crippen molar-refractivity contribution in [2.45, 2.75) is 40.0 Å². The third-order valence-electron chi connectivity index (χ3n) is 4.96. The Balaban J connectivity index is 1.48. The molecule has 0 aromatic heterocycles. The van der Waals surface area contributed by atoms with Crippen LogP contribution in [0.25, 0.3) is 0 Å². The average Bonchev–Trinajstić information content (AvgIpc) is 3.13. The Morgan fingerprint density at radius 2 is 1.62 bits per heavy atom. The zero-order valence-corrected chi connectivity index (χ0v) is 16.1. The first-order chi connectivity index (χ1) is 12.5. The van der Waals surface area contributed by atoms with Crippen LogP contribution in [0.15, 0.2) is 36.4 Å². The molecule has 2 aromatic rings. The Morgan fingerprint density at radius 3 is 2.23 bits per heavy atom. The van der Waals surface area contributed by atoms with E-state index in [1.165, 1.54) is 24.1 Å². The van der Waals surface area contributed by atoms with E-state index in [4.69, 9.17) is 0 Å². The number of carbonyl (C=O) groups excluding carboxylic acids is 1. The van der Waals surface area contributed by atoms with Gasteiger partial charge in [-0.05, 0) is 69.0 Å². The van der Waals surface area contributed by atoms with Gasteiger partial charge in [0, 0.05) is 43.1 Å². The third kappa shape index (κ3) is 4.57. The number of anilines is 3. The Bertz CT molecular complexity index is 738. The fourth-order valence-corrected chi connectivity index (χ4v) is 3.66. The van der Waals surface area contributed by atoms with Gasteiger partial charge in [-0.2, -0.15) is 0 Å². The summed E-state index contributed by atoms with van der Waals surface area (Å²) in [6.45, 7) is 9.09. The lowest BCUT2D eigenvalue weighted by Gasteiger charge is -2.18. The number of carbonyl (C=O) groups is 1. The molecule has 0 spiro atoms. The smallest absolute Gasteiger partial charge is 0.226 e. The van der Waals surface area contributed by atoms with E-state index >= 15 is 0 Å². The summed E-state index contributed by atoms with van der Waals surface area (Å²) in [7, 11) is 0. The molecule has 4 heteroatoms. The van der Waals surface area contributed by atoms with Gasteiger partial charge in [0.2, 0.25) is 5.91 Å². The number of rotatable bonds is 6. The standard InChI is InChI=1S/C22H29N3O/c1-16-14-17(2)22(18(3)15-16)24-21(26)10-11-23-19-6-8-20(9-7-19)25-12-4-5-13-25/h6-9,14-15,23H,4-5,10-13H2,1-3H3,(H,24,26). The second-order valence-corrected chi connectivity index (χ2v) is 7.24. The minimum Gasteiger partial charge on any atom is -0.385 e. The van der Waals surface area contributed by atoms with Crippen molar-refractivity contribution in [3.05, 3.63) is 53.1 Å². The highest BCUT2D eigenvalue weighted by molar-refractivity contribution is 5.92. The number of aryl methyl sites for hydroxylation is 3. The molecule has 3 rings (SSSR count). The molecule has 0 unspecified atom stereocenters. The van der Waals surface area contributed by atoms with Crippen LogP contribution in [-0.4, -0.2) is 25.5 Å². The molecule has 0 saturated carbocycles. The second-order valence-electron chi connectivity index (χ2n) is 7.24. The van der Waals surface area contributed by atoms with Crippen molar-refractivity contribution < 1.29 is 4.79 Å². The average molecular weight is 351 g/mol. The van der Waals surface area contributed by atoms with Crippen LogP contribution in [0.4, 0.5) is 17.1 Å². The van der Waals surface area contributed by atoms with Gasteiger partial charge >= 0.3 is 0 Å². The Hall–Kier alpha value is -2.49. The second kappa shape index (κ2) is 8.26. The number of nitrogens with zero attached hydrogens (tertiary/aromatic N) is 1. The van der Waals surface area contributed by atoms with Crippen LogP contribution in [0.3, 0.4) is 0 Å². The van der Waals surface area contributed by atoms with E-state index in [2.05, 4.69) is 58.9 Å². The topological polar surface area (TPSA) is 44.4 Å². The van der Waals surface area contributed by atoms with Crippen molar-refractivity contribution in [3.8, 4) is 0 Å². The molecular weight excluding hydrogens is 322 g/mol. The maximum Gasteiger partial charge on any atom is 0.226 e. The SMILES string of the molecule is Cc1cc(C)c(NC(=O)CCNc2ccc(N3CCCC3)cc2)c(C)c1. The summed E-state index contributed by atoms with van der Waals surface area (Å²) in [6, 6.07) is 12.7. The van der Waals surface area contributed by atoms with Crippen LogP contribution in [0.2, 0.25) is 0 Å². The molecule has 1 fully saturated rings. The number of hydrogen-bond donors (Lipinski definition) is 2. The summed E-state index contributed by atoms with van der Waals surface area (Å²) in [5, 5.41) is 6.39. The quantitative estimate of drug-likeness (QED) is 0.796. The normalized spacial score (nSPS) is 13.7. The van der Waals surface area contributed by atoms with E-state index in [9.17, 15) is 4.79 Å². The minimum absolute atomic E-state index is 0.0428. The van der Waals surface area contributed by atoms with E-state index in [1.54, 1.807) is 0 Å². The highest BCUT2D eigenvalue weighted by Gasteiger charge is 2.12. The fourth-order valence-electron chi connectivity index (χ4n) is 3.66. The van der Waals surface area contributed by atoms with Crippen LogP contribution in [0.5, 0.6) is 0 Å². The van der Waals surface area contributed by atoms with Gasteiger partial charge in [0.05, 0.1) is 0 Å². The van der Waals surface area contributed by atoms with Crippen LogP contribution in [0.1, 0.15) is 36.0 Å². The molecule has 0 aliphatic carbocycles. The van der Waals surface area contributed by atoms with E-state index < -0.39 is 0 Å². The Labute approximate surface area is 156 Å². The molecule has 1 heterocycles. The van der Waals surface area contributed by atoms with Crippen molar-refractivity contribution in [3.63, 3.8) is 0 Å². The molecule has 26 heavy (non-hydrogen) atoms. The summed E-state index contributed by atoms with van der Waals surface area (Å²) in [5.41, 5.74) is 6.73. The molecule has 1 aliphatic rings. The molecule has 0 atom stereocenters. The van der Waals surface area contributed by atoms with Crippen molar-refractivity contribution in [1.29, 1.82) is 0 Å². The molecule has 1 saturated heterocycles. The van der Waals surface area contributed by atoms with Crippen LogP contribution in [-0.2, 0) is 4.79 Å². The number of hydrogen-bond acceptors (Lipinski definition) is 3. The van der Waals surface area contributed by atoms with E-state index in [0.29, 0.717) is 13.0 Å². The number of amides is 1. The van der Waals surface area contributed by atoms with Crippen LogP contribution in [0, 0.1) is 20.8 Å². The van der Waals surface area contributed by atoms with Crippen LogP contribution >= 0.6 is 0 Å². The zero-order valence-electron chi connectivity index (χ0n) is 16.1. The number of nitrogens with one attached hydrogen (secondary N) is 2. The number of benzene rings is 2. The van der Waals surface area contributed by atoms with Crippen molar-refractivity contribution in [2.75, 3.05) is 35.2 Å². The Morgan fingerprint density at radius 1 is 1.00 bits per heavy atom. The van der Waals surface area contributed by atoms with E-state index in [1.807, 2.05) is 13.8 Å². The monoisotopic (exact) mass is 351 g/mol. The summed E-state index contributed by atoms with van der Waals surface area (Å²) in [5.74, 6) is 0.0428. The molecule has 2 aromatic carbocycles. The van der Waals surface area contributed by atoms with Gasteiger partial charge in [0.15, 0.2) is 0 Å². The molecule has 1 amide bonds. The predicted molar refractivity (Wildman–Crippen MR) is 110 cm³/mol. The fraction of sp³-hybridized carbons (Fsp3) is 0.409. The maximum atomic E-state index is 12.3. The largest absolute Gasteiger partial charge is 0.385 e. The molecule has 0 radical (unpaired) electrons. The molecule has 138 valence electrons. The third-order valence-corrected chi connectivity index (χ3v) is 4.96. The molecule has 0 bridgehead atoms. The molecule has 4 nitrogen and oxygen atoms in total. The first-order valence-corrected chi connectivity index (χ1v) is 9.49. The minimum atomic E-state index is 0.0428. The lowest BCUT2D eigenvalue weighted by atomic mass is 10.1. The predicted octanol–water partition coefficient (Wildman–Crippen LogP) is 4.65.